The highest BCUT2D eigenvalue weighted by Crippen LogP contribution is 2.21. The molecular formula is C31H38F2N4O6. The highest BCUT2D eigenvalue weighted by molar-refractivity contribution is 5.94. The number of likely N-dealkylation sites (tertiary alicyclic amines) is 1. The molecule has 2 aliphatic heterocycles. The molecule has 0 spiro atoms. The van der Waals surface area contributed by atoms with E-state index in [-0.39, 0.29) is 38.6 Å². The van der Waals surface area contributed by atoms with Crippen molar-refractivity contribution in [3.8, 4) is 5.75 Å². The molecule has 2 aliphatic rings. The summed E-state index contributed by atoms with van der Waals surface area (Å²) in [7, 11) is 0. The fourth-order valence-electron chi connectivity index (χ4n) is 5.06. The van der Waals surface area contributed by atoms with Gasteiger partial charge < -0.3 is 30.3 Å². The first-order valence-corrected chi connectivity index (χ1v) is 14.5. The summed E-state index contributed by atoms with van der Waals surface area (Å²) >= 11 is 0. The van der Waals surface area contributed by atoms with E-state index >= 15 is 0 Å². The molecule has 0 aliphatic carbocycles. The number of amides is 4. The van der Waals surface area contributed by atoms with Gasteiger partial charge in [0.1, 0.15) is 30.5 Å². The molecule has 2 bridgehead atoms. The summed E-state index contributed by atoms with van der Waals surface area (Å²) in [6.45, 7) is 0.0395. The second kappa shape index (κ2) is 14.9. The molecule has 0 radical (unpaired) electrons. The molecule has 0 unspecified atom stereocenters. The molecular weight excluding hydrogens is 562 g/mol. The van der Waals surface area contributed by atoms with Crippen molar-refractivity contribution >= 4 is 23.6 Å². The van der Waals surface area contributed by atoms with Crippen LogP contribution in [0, 0.1) is 0 Å². The van der Waals surface area contributed by atoms with Crippen molar-refractivity contribution in [3.05, 3.63) is 65.7 Å². The molecule has 1 fully saturated rings. The second-order valence-corrected chi connectivity index (χ2v) is 10.9. The van der Waals surface area contributed by atoms with E-state index in [1.807, 2.05) is 36.4 Å². The normalized spacial score (nSPS) is 22.3. The molecule has 43 heavy (non-hydrogen) atoms. The van der Waals surface area contributed by atoms with Crippen LogP contribution in [0.4, 0.5) is 8.78 Å². The molecule has 12 heteroatoms. The Hall–Kier alpha value is -4.06. The number of benzene rings is 2. The van der Waals surface area contributed by atoms with Crippen LogP contribution < -0.4 is 20.7 Å². The number of hydrogen-bond donors (Lipinski definition) is 3. The van der Waals surface area contributed by atoms with Crippen LogP contribution in [0.3, 0.4) is 0 Å². The van der Waals surface area contributed by atoms with Crippen LogP contribution in [0.1, 0.15) is 37.3 Å². The number of hydrogen-bond acceptors (Lipinski definition) is 6. The van der Waals surface area contributed by atoms with Crippen LogP contribution >= 0.6 is 0 Å². The van der Waals surface area contributed by atoms with Crippen LogP contribution in [0.25, 0.3) is 0 Å². The molecule has 10 nitrogen and oxygen atoms in total. The number of nitrogens with zero attached hydrogens (tertiary/aromatic N) is 1. The monoisotopic (exact) mass is 600 g/mol. The molecule has 0 aromatic heterocycles. The number of ether oxygens (including phenoxy) is 2. The van der Waals surface area contributed by atoms with Gasteiger partial charge in [-0.25, -0.2) is 8.78 Å². The number of halogens is 2. The Bertz CT molecular complexity index is 1270. The van der Waals surface area contributed by atoms with E-state index in [9.17, 15) is 28.0 Å². The Morgan fingerprint density at radius 3 is 2.56 bits per heavy atom. The Morgan fingerprint density at radius 1 is 1.05 bits per heavy atom. The van der Waals surface area contributed by atoms with Crippen LogP contribution in [-0.2, 0) is 36.8 Å². The Kier molecular flexibility index (Phi) is 11.0. The van der Waals surface area contributed by atoms with Gasteiger partial charge in [0, 0.05) is 26.3 Å². The first-order valence-electron chi connectivity index (χ1n) is 14.5. The van der Waals surface area contributed by atoms with Gasteiger partial charge in [0.2, 0.25) is 23.6 Å². The Labute approximate surface area is 249 Å². The average Bonchev–Trinajstić information content (AvgIpc) is 3.40. The molecule has 3 N–H and O–H groups in total. The summed E-state index contributed by atoms with van der Waals surface area (Å²) < 4.78 is 38.3. The second-order valence-electron chi connectivity index (χ2n) is 10.9. The fraction of sp³-hybridized carbons (Fsp3) is 0.484. The van der Waals surface area contributed by atoms with Gasteiger partial charge in [-0.3, -0.25) is 19.2 Å². The number of alkyl halides is 2. The first kappa shape index (κ1) is 31.9. The van der Waals surface area contributed by atoms with Crippen LogP contribution in [0.5, 0.6) is 5.75 Å². The van der Waals surface area contributed by atoms with Crippen molar-refractivity contribution < 1.29 is 37.4 Å². The lowest BCUT2D eigenvalue weighted by Crippen LogP contribution is -2.58. The van der Waals surface area contributed by atoms with Crippen molar-refractivity contribution in [2.24, 2.45) is 0 Å². The van der Waals surface area contributed by atoms with Gasteiger partial charge in [-0.05, 0) is 42.5 Å². The summed E-state index contributed by atoms with van der Waals surface area (Å²) in [5.74, 6) is -4.80. The minimum absolute atomic E-state index is 0.0624. The summed E-state index contributed by atoms with van der Waals surface area (Å²) in [6, 6.07) is 13.3. The Morgan fingerprint density at radius 2 is 1.84 bits per heavy atom. The van der Waals surface area contributed by atoms with Gasteiger partial charge in [-0.1, -0.05) is 42.5 Å². The van der Waals surface area contributed by atoms with E-state index in [0.29, 0.717) is 38.5 Å². The minimum atomic E-state index is -3.16. The third kappa shape index (κ3) is 9.74. The number of rotatable bonds is 7. The molecule has 2 heterocycles. The van der Waals surface area contributed by atoms with Crippen LogP contribution in [-0.4, -0.2) is 85.5 Å². The zero-order valence-electron chi connectivity index (χ0n) is 24.2. The van der Waals surface area contributed by atoms with Gasteiger partial charge >= 0.3 is 0 Å². The smallest absolute Gasteiger partial charge is 0.262 e. The maximum Gasteiger partial charge on any atom is 0.262 e. The zero-order chi connectivity index (χ0) is 30.8. The third-order valence-electron chi connectivity index (χ3n) is 7.30. The van der Waals surface area contributed by atoms with Crippen LogP contribution in [0.2, 0.25) is 0 Å². The van der Waals surface area contributed by atoms with Crippen molar-refractivity contribution in [1.29, 1.82) is 0 Å². The quantitative estimate of drug-likeness (QED) is 0.447. The maximum absolute atomic E-state index is 13.8. The molecule has 0 saturated carbocycles. The van der Waals surface area contributed by atoms with E-state index < -0.39 is 48.3 Å². The van der Waals surface area contributed by atoms with Crippen LogP contribution in [0.15, 0.2) is 54.6 Å². The molecule has 2 aromatic rings. The molecule has 3 atom stereocenters. The average molecular weight is 601 g/mol. The molecule has 1 saturated heterocycles. The van der Waals surface area contributed by atoms with Crippen molar-refractivity contribution in [2.75, 3.05) is 32.9 Å². The van der Waals surface area contributed by atoms with E-state index in [2.05, 4.69) is 16.0 Å². The number of aryl methyl sites for hydroxylation is 1. The van der Waals surface area contributed by atoms with Gasteiger partial charge in [0.15, 0.2) is 0 Å². The lowest BCUT2D eigenvalue weighted by atomic mass is 10.0. The summed E-state index contributed by atoms with van der Waals surface area (Å²) in [5.41, 5.74) is 1.71. The van der Waals surface area contributed by atoms with Crippen molar-refractivity contribution in [1.82, 2.24) is 20.9 Å². The predicted octanol–water partition coefficient (Wildman–Crippen LogP) is 2.00. The van der Waals surface area contributed by atoms with E-state index in [1.54, 1.807) is 18.2 Å². The number of carbonyl (C=O) groups excluding carboxylic acids is 4. The van der Waals surface area contributed by atoms with E-state index in [0.717, 1.165) is 11.1 Å². The lowest BCUT2D eigenvalue weighted by Gasteiger charge is -2.30. The first-order chi connectivity index (χ1) is 20.6. The standard InChI is InChI=1S/C31H38F2N4O6/c1-31(32,33)20-34-28(39)25-19-42-15-16-43-23-10-5-9-22(17-23)18-26(37-14-6-11-27(37)38)30(41)35-24(29(40)36-25)13-12-21-7-3-2-4-8-21/h2-5,7-10,17,24-26H,6,11-16,18-20H2,1H3,(H,34,39)(H,35,41)(H,36,40)/t24-,25-,26-/m0/s1. The summed E-state index contributed by atoms with van der Waals surface area (Å²) in [6.07, 6.45) is 1.78. The van der Waals surface area contributed by atoms with E-state index in [4.69, 9.17) is 9.47 Å². The SMILES string of the molecule is CC(F)(F)CNC(=O)[C@@H]1COCCOc2cccc(c2)C[C@H](N2CCCC2=O)C(=O)N[C@@H](CCc2ccccc2)C(=O)N1. The van der Waals surface area contributed by atoms with Gasteiger partial charge in [0.05, 0.1) is 19.8 Å². The topological polar surface area (TPSA) is 126 Å². The summed E-state index contributed by atoms with van der Waals surface area (Å²) in [4.78, 5) is 54.6. The van der Waals surface area contributed by atoms with Crippen molar-refractivity contribution in [3.63, 3.8) is 0 Å². The molecule has 4 rings (SSSR count). The molecule has 2 aromatic carbocycles. The molecule has 232 valence electrons. The minimum Gasteiger partial charge on any atom is -0.491 e. The number of nitrogens with one attached hydrogen (secondary N) is 3. The largest absolute Gasteiger partial charge is 0.491 e. The number of fused-ring (bicyclic) bond motifs is 2. The maximum atomic E-state index is 13.8. The number of carbonyl (C=O) groups is 4. The van der Waals surface area contributed by atoms with Gasteiger partial charge in [-0.15, -0.1) is 0 Å². The van der Waals surface area contributed by atoms with Gasteiger partial charge in [-0.2, -0.15) is 0 Å². The highest BCUT2D eigenvalue weighted by Gasteiger charge is 2.36. The zero-order valence-corrected chi connectivity index (χ0v) is 24.2. The molecule has 4 amide bonds. The summed E-state index contributed by atoms with van der Waals surface area (Å²) in [5, 5.41) is 7.56. The van der Waals surface area contributed by atoms with Gasteiger partial charge in [0.25, 0.3) is 5.92 Å². The third-order valence-corrected chi connectivity index (χ3v) is 7.30. The lowest BCUT2D eigenvalue weighted by molar-refractivity contribution is -0.139. The van der Waals surface area contributed by atoms with E-state index in [1.165, 1.54) is 4.90 Å². The van der Waals surface area contributed by atoms with Crippen molar-refractivity contribution in [2.45, 2.75) is 63.1 Å². The highest BCUT2D eigenvalue weighted by atomic mass is 19.3. The fourth-order valence-corrected chi connectivity index (χ4v) is 5.06. The Balaban J connectivity index is 1.62. The predicted molar refractivity (Wildman–Crippen MR) is 153 cm³/mol.